The number of nitrogens with zero attached hydrogens (tertiary/aromatic N) is 2. The Morgan fingerprint density at radius 3 is 2.40 bits per heavy atom. The van der Waals surface area contributed by atoms with Crippen LogP contribution in [-0.2, 0) is 0 Å². The van der Waals surface area contributed by atoms with E-state index in [1.165, 1.54) is 22.7 Å². The number of carbonyl (C=O) groups excluding carboxylic acids is 1. The van der Waals surface area contributed by atoms with Crippen molar-refractivity contribution in [2.24, 2.45) is 0 Å². The molecular formula is C9H9N3OS2. The van der Waals surface area contributed by atoms with Crippen molar-refractivity contribution in [3.05, 3.63) is 27.2 Å². The first-order valence-electron chi connectivity index (χ1n) is 4.31. The third-order valence-electron chi connectivity index (χ3n) is 1.65. The lowest BCUT2D eigenvalue weighted by atomic mass is 10.5. The molecule has 1 amide bonds. The number of aromatic nitrogens is 2. The molecule has 0 radical (unpaired) electrons. The maximum absolute atomic E-state index is 11.6. The zero-order chi connectivity index (χ0) is 10.8. The number of anilines is 1. The van der Waals surface area contributed by atoms with Gasteiger partial charge >= 0.3 is 0 Å². The van der Waals surface area contributed by atoms with E-state index in [1.807, 2.05) is 24.6 Å². The first-order valence-corrected chi connectivity index (χ1v) is 6.06. The van der Waals surface area contributed by atoms with E-state index in [9.17, 15) is 4.79 Å². The number of hydrogen-bond donors (Lipinski definition) is 1. The molecule has 0 fully saturated rings. The van der Waals surface area contributed by atoms with Gasteiger partial charge < -0.3 is 0 Å². The fourth-order valence-corrected chi connectivity index (χ4v) is 2.39. The topological polar surface area (TPSA) is 54.9 Å². The normalized spacial score (nSPS) is 10.3. The maximum Gasteiger partial charge on any atom is 0.286 e. The van der Waals surface area contributed by atoms with Gasteiger partial charge in [-0.3, -0.25) is 10.1 Å². The van der Waals surface area contributed by atoms with Crippen molar-refractivity contribution in [3.8, 4) is 0 Å². The average Bonchev–Trinajstić information content (AvgIpc) is 2.75. The lowest BCUT2D eigenvalue weighted by molar-refractivity contribution is 0.102. The van der Waals surface area contributed by atoms with Gasteiger partial charge in [0, 0.05) is 16.5 Å². The summed E-state index contributed by atoms with van der Waals surface area (Å²) < 4.78 is 0. The van der Waals surface area contributed by atoms with E-state index in [-0.39, 0.29) is 5.91 Å². The van der Waals surface area contributed by atoms with Crippen molar-refractivity contribution in [2.45, 2.75) is 13.8 Å². The quantitative estimate of drug-likeness (QED) is 0.875. The minimum atomic E-state index is -0.192. The van der Waals surface area contributed by atoms with E-state index in [2.05, 4.69) is 15.3 Å². The predicted molar refractivity (Wildman–Crippen MR) is 61.7 cm³/mol. The SMILES string of the molecule is Cc1csc(NC(=O)c2nc(C)cs2)n1. The highest BCUT2D eigenvalue weighted by atomic mass is 32.1. The van der Waals surface area contributed by atoms with E-state index in [1.54, 1.807) is 0 Å². The first kappa shape index (κ1) is 10.3. The minimum Gasteiger partial charge on any atom is -0.296 e. The van der Waals surface area contributed by atoms with Crippen LogP contribution in [0.25, 0.3) is 0 Å². The molecule has 1 N–H and O–H groups in total. The Labute approximate surface area is 95.0 Å². The Hall–Kier alpha value is -1.27. The molecule has 0 atom stereocenters. The number of nitrogens with one attached hydrogen (secondary N) is 1. The van der Waals surface area contributed by atoms with Gasteiger partial charge in [0.25, 0.3) is 5.91 Å². The zero-order valence-corrected chi connectivity index (χ0v) is 9.91. The highest BCUT2D eigenvalue weighted by Gasteiger charge is 2.11. The molecule has 0 aliphatic rings. The smallest absolute Gasteiger partial charge is 0.286 e. The summed E-state index contributed by atoms with van der Waals surface area (Å²) in [6.45, 7) is 3.75. The molecule has 0 spiro atoms. The molecule has 2 aromatic rings. The van der Waals surface area contributed by atoms with Crippen LogP contribution in [0.2, 0.25) is 0 Å². The molecule has 15 heavy (non-hydrogen) atoms. The van der Waals surface area contributed by atoms with E-state index in [0.717, 1.165) is 11.4 Å². The number of rotatable bonds is 2. The summed E-state index contributed by atoms with van der Waals surface area (Å²) in [6, 6.07) is 0. The van der Waals surface area contributed by atoms with E-state index in [4.69, 9.17) is 0 Å². The third kappa shape index (κ3) is 2.40. The summed E-state index contributed by atoms with van der Waals surface area (Å²) >= 11 is 2.75. The Kier molecular flexibility index (Phi) is 2.79. The van der Waals surface area contributed by atoms with Crippen molar-refractivity contribution in [1.82, 2.24) is 9.97 Å². The van der Waals surface area contributed by atoms with Gasteiger partial charge in [-0.25, -0.2) is 9.97 Å². The monoisotopic (exact) mass is 239 g/mol. The van der Waals surface area contributed by atoms with Crippen LogP contribution in [0.3, 0.4) is 0 Å². The summed E-state index contributed by atoms with van der Waals surface area (Å²) in [5.41, 5.74) is 1.77. The average molecular weight is 239 g/mol. The fraction of sp³-hybridized carbons (Fsp3) is 0.222. The molecule has 0 saturated carbocycles. The van der Waals surface area contributed by atoms with Crippen LogP contribution < -0.4 is 5.32 Å². The minimum absolute atomic E-state index is 0.192. The van der Waals surface area contributed by atoms with Crippen LogP contribution >= 0.6 is 22.7 Å². The van der Waals surface area contributed by atoms with Crippen LogP contribution in [-0.4, -0.2) is 15.9 Å². The summed E-state index contributed by atoms with van der Waals surface area (Å²) in [4.78, 5) is 19.9. The third-order valence-corrected chi connectivity index (χ3v) is 3.49. The second kappa shape index (κ2) is 4.08. The van der Waals surface area contributed by atoms with Crippen molar-refractivity contribution >= 4 is 33.7 Å². The van der Waals surface area contributed by atoms with Crippen LogP contribution in [0.5, 0.6) is 0 Å². The van der Waals surface area contributed by atoms with Gasteiger partial charge in [0.2, 0.25) is 0 Å². The fourth-order valence-electron chi connectivity index (χ4n) is 1.02. The summed E-state index contributed by atoms with van der Waals surface area (Å²) in [7, 11) is 0. The van der Waals surface area contributed by atoms with Gasteiger partial charge in [-0.05, 0) is 13.8 Å². The van der Waals surface area contributed by atoms with E-state index < -0.39 is 0 Å². The second-order valence-electron chi connectivity index (χ2n) is 3.04. The number of hydrogen-bond acceptors (Lipinski definition) is 5. The molecule has 0 aliphatic heterocycles. The Morgan fingerprint density at radius 2 is 1.87 bits per heavy atom. The van der Waals surface area contributed by atoms with Crippen LogP contribution in [0, 0.1) is 13.8 Å². The highest BCUT2D eigenvalue weighted by molar-refractivity contribution is 7.14. The molecule has 2 rings (SSSR count). The molecular weight excluding hydrogens is 230 g/mol. The predicted octanol–water partition coefficient (Wildman–Crippen LogP) is 2.47. The van der Waals surface area contributed by atoms with E-state index in [0.29, 0.717) is 10.1 Å². The van der Waals surface area contributed by atoms with E-state index >= 15 is 0 Å². The van der Waals surface area contributed by atoms with Crippen LogP contribution in [0.15, 0.2) is 10.8 Å². The van der Waals surface area contributed by atoms with Gasteiger partial charge in [0.15, 0.2) is 10.1 Å². The van der Waals surface area contributed by atoms with Gasteiger partial charge in [-0.2, -0.15) is 0 Å². The van der Waals surface area contributed by atoms with Crippen molar-refractivity contribution in [2.75, 3.05) is 5.32 Å². The van der Waals surface area contributed by atoms with Gasteiger partial charge in [0.1, 0.15) is 0 Å². The van der Waals surface area contributed by atoms with Gasteiger partial charge in [0.05, 0.1) is 5.69 Å². The number of aryl methyl sites for hydroxylation is 2. The molecule has 6 heteroatoms. The molecule has 0 unspecified atom stereocenters. The van der Waals surface area contributed by atoms with Gasteiger partial charge in [-0.1, -0.05) is 0 Å². The lowest BCUT2D eigenvalue weighted by Crippen LogP contribution is -2.11. The number of thiazole rings is 2. The number of amides is 1. The Bertz CT molecular complexity index is 489. The van der Waals surface area contributed by atoms with Crippen molar-refractivity contribution in [1.29, 1.82) is 0 Å². The first-order chi connectivity index (χ1) is 7.15. The molecule has 2 heterocycles. The molecule has 0 bridgehead atoms. The lowest BCUT2D eigenvalue weighted by Gasteiger charge is -1.96. The summed E-state index contributed by atoms with van der Waals surface area (Å²) in [5, 5.41) is 7.54. The van der Waals surface area contributed by atoms with Crippen LogP contribution in [0.1, 0.15) is 21.2 Å². The molecule has 2 aromatic heterocycles. The van der Waals surface area contributed by atoms with Crippen LogP contribution in [0.4, 0.5) is 5.13 Å². The summed E-state index contributed by atoms with van der Waals surface area (Å²) in [6.07, 6.45) is 0. The van der Waals surface area contributed by atoms with Crippen molar-refractivity contribution < 1.29 is 4.79 Å². The molecule has 0 aromatic carbocycles. The second-order valence-corrected chi connectivity index (χ2v) is 4.76. The Morgan fingerprint density at radius 1 is 1.20 bits per heavy atom. The molecule has 0 saturated heterocycles. The zero-order valence-electron chi connectivity index (χ0n) is 8.27. The number of carbonyl (C=O) groups is 1. The highest BCUT2D eigenvalue weighted by Crippen LogP contribution is 2.16. The molecule has 4 nitrogen and oxygen atoms in total. The summed E-state index contributed by atoms with van der Waals surface area (Å²) in [5.74, 6) is -0.192. The Balaban J connectivity index is 2.10. The molecule has 0 aliphatic carbocycles. The van der Waals surface area contributed by atoms with Crippen molar-refractivity contribution in [3.63, 3.8) is 0 Å². The maximum atomic E-state index is 11.6. The largest absolute Gasteiger partial charge is 0.296 e. The van der Waals surface area contributed by atoms with Gasteiger partial charge in [-0.15, -0.1) is 22.7 Å². The standard InChI is InChI=1S/C9H9N3OS2/c1-5-3-14-8(10-5)7(13)12-9-11-6(2)4-15-9/h3-4H,1-2H3,(H,11,12,13). The molecule has 78 valence electrons.